The maximum absolute atomic E-state index is 12.2. The lowest BCUT2D eigenvalue weighted by Crippen LogP contribution is -2.53. The van der Waals surface area contributed by atoms with E-state index in [1.165, 1.54) is 25.7 Å². The number of nitrogens with one attached hydrogen (secondary N) is 2. The average molecular weight is 366 g/mol. The molecule has 25 heavy (non-hydrogen) atoms. The predicted molar refractivity (Wildman–Crippen MR) is 101 cm³/mol. The molecule has 0 atom stereocenters. The summed E-state index contributed by atoms with van der Waals surface area (Å²) in [7, 11) is 4.16. The van der Waals surface area contributed by atoms with Crippen molar-refractivity contribution in [2.45, 2.75) is 44.1 Å². The third-order valence-corrected chi connectivity index (χ3v) is 5.46. The van der Waals surface area contributed by atoms with Crippen LogP contribution in [0.1, 0.15) is 48.9 Å². The van der Waals surface area contributed by atoms with Crippen molar-refractivity contribution < 1.29 is 9.59 Å². The monoisotopic (exact) mass is 365 g/mol. The summed E-state index contributed by atoms with van der Waals surface area (Å²) < 4.78 is 0. The molecule has 0 spiro atoms. The van der Waals surface area contributed by atoms with Gasteiger partial charge in [-0.1, -0.05) is 49.4 Å². The molecular formula is C19H28ClN3O2. The molecule has 2 rings (SSSR count). The summed E-state index contributed by atoms with van der Waals surface area (Å²) >= 11 is 6.00. The SMILES string of the molecule is CN(C)C1(CNC(=O)CNC(=O)c2ccccc2Cl)CCCCCC1. The molecular weight excluding hydrogens is 338 g/mol. The van der Waals surface area contributed by atoms with Crippen LogP contribution in [0.25, 0.3) is 0 Å². The van der Waals surface area contributed by atoms with E-state index in [1.807, 2.05) is 0 Å². The number of carbonyl (C=O) groups excluding carboxylic acids is 2. The minimum atomic E-state index is -0.336. The molecule has 1 aromatic rings. The average Bonchev–Trinajstić information content (AvgIpc) is 2.85. The molecule has 0 aliphatic heterocycles. The first-order valence-corrected chi connectivity index (χ1v) is 9.29. The van der Waals surface area contributed by atoms with E-state index in [2.05, 4.69) is 29.6 Å². The molecule has 6 heteroatoms. The molecule has 0 saturated heterocycles. The molecule has 0 unspecified atom stereocenters. The molecule has 1 aliphatic rings. The number of halogens is 1. The second kappa shape index (κ2) is 9.20. The van der Waals surface area contributed by atoms with Crippen molar-refractivity contribution in [1.29, 1.82) is 0 Å². The van der Waals surface area contributed by atoms with E-state index in [-0.39, 0.29) is 23.9 Å². The zero-order valence-electron chi connectivity index (χ0n) is 15.1. The summed E-state index contributed by atoms with van der Waals surface area (Å²) in [6.45, 7) is 0.564. The second-order valence-corrected chi connectivity index (χ2v) is 7.38. The highest BCUT2D eigenvalue weighted by Gasteiger charge is 2.33. The smallest absolute Gasteiger partial charge is 0.253 e. The minimum absolute atomic E-state index is 0.0128. The molecule has 2 N–H and O–H groups in total. The normalized spacial score (nSPS) is 17.0. The fourth-order valence-electron chi connectivity index (χ4n) is 3.40. The third-order valence-electron chi connectivity index (χ3n) is 5.13. The Morgan fingerprint density at radius 3 is 2.32 bits per heavy atom. The lowest BCUT2D eigenvalue weighted by atomic mass is 9.88. The largest absolute Gasteiger partial charge is 0.353 e. The van der Waals surface area contributed by atoms with Crippen molar-refractivity contribution in [2.24, 2.45) is 0 Å². The summed E-state index contributed by atoms with van der Waals surface area (Å²) in [5.74, 6) is -0.511. The lowest BCUT2D eigenvalue weighted by Gasteiger charge is -2.39. The van der Waals surface area contributed by atoms with E-state index in [4.69, 9.17) is 11.6 Å². The van der Waals surface area contributed by atoms with Crippen molar-refractivity contribution >= 4 is 23.4 Å². The van der Waals surface area contributed by atoms with E-state index in [9.17, 15) is 9.59 Å². The summed E-state index contributed by atoms with van der Waals surface area (Å²) in [6.07, 6.45) is 7.09. The van der Waals surface area contributed by atoms with E-state index in [0.717, 1.165) is 12.8 Å². The standard InChI is InChI=1S/C19H28ClN3O2/c1-23(2)19(11-7-3-4-8-12-19)14-22-17(24)13-21-18(25)15-9-5-6-10-16(15)20/h5-6,9-10H,3-4,7-8,11-14H2,1-2H3,(H,21,25)(H,22,24). The highest BCUT2D eigenvalue weighted by atomic mass is 35.5. The number of hydrogen-bond donors (Lipinski definition) is 2. The number of likely N-dealkylation sites (N-methyl/N-ethyl adjacent to an activating group) is 1. The van der Waals surface area contributed by atoms with Crippen LogP contribution in [0.3, 0.4) is 0 Å². The summed E-state index contributed by atoms with van der Waals surface area (Å²) in [5, 5.41) is 6.01. The van der Waals surface area contributed by atoms with Crippen molar-refractivity contribution in [2.75, 3.05) is 27.2 Å². The Labute approximate surface area is 155 Å². The summed E-state index contributed by atoms with van der Waals surface area (Å²) in [4.78, 5) is 26.5. The van der Waals surface area contributed by atoms with Gasteiger partial charge in [-0.2, -0.15) is 0 Å². The van der Waals surface area contributed by atoms with Gasteiger partial charge in [0.25, 0.3) is 5.91 Å². The molecule has 0 radical (unpaired) electrons. The van der Waals surface area contributed by atoms with Crippen molar-refractivity contribution in [3.8, 4) is 0 Å². The van der Waals surface area contributed by atoms with E-state index in [1.54, 1.807) is 24.3 Å². The summed E-state index contributed by atoms with van der Waals surface area (Å²) in [5.41, 5.74) is 0.393. The zero-order valence-corrected chi connectivity index (χ0v) is 15.9. The Kier molecular flexibility index (Phi) is 7.26. The van der Waals surface area contributed by atoms with Crippen molar-refractivity contribution in [3.63, 3.8) is 0 Å². The number of nitrogens with zero attached hydrogens (tertiary/aromatic N) is 1. The van der Waals surface area contributed by atoms with Crippen LogP contribution in [-0.2, 0) is 4.79 Å². The summed E-state index contributed by atoms with van der Waals surface area (Å²) in [6, 6.07) is 6.80. The van der Waals surface area contributed by atoms with Gasteiger partial charge in [0.2, 0.25) is 5.91 Å². The Hall–Kier alpha value is -1.59. The molecule has 1 saturated carbocycles. The second-order valence-electron chi connectivity index (χ2n) is 6.97. The maximum Gasteiger partial charge on any atom is 0.253 e. The Bertz CT molecular complexity index is 596. The number of benzene rings is 1. The van der Waals surface area contributed by atoms with Gasteiger partial charge in [-0.3, -0.25) is 9.59 Å². The maximum atomic E-state index is 12.2. The lowest BCUT2D eigenvalue weighted by molar-refractivity contribution is -0.120. The first kappa shape index (κ1) is 19.7. The number of carbonyl (C=O) groups is 2. The quantitative estimate of drug-likeness (QED) is 0.762. The number of rotatable bonds is 6. The molecule has 1 aliphatic carbocycles. The van der Waals surface area contributed by atoms with Crippen LogP contribution in [0, 0.1) is 0 Å². The van der Waals surface area contributed by atoms with Crippen LogP contribution in [0.5, 0.6) is 0 Å². The van der Waals surface area contributed by atoms with Crippen molar-refractivity contribution in [3.05, 3.63) is 34.9 Å². The van der Waals surface area contributed by atoms with Crippen LogP contribution >= 0.6 is 11.6 Å². The topological polar surface area (TPSA) is 61.4 Å². The first-order chi connectivity index (χ1) is 11.9. The van der Waals surface area contributed by atoms with Crippen LogP contribution in [0.4, 0.5) is 0 Å². The molecule has 0 heterocycles. The van der Waals surface area contributed by atoms with E-state index >= 15 is 0 Å². The van der Waals surface area contributed by atoms with Gasteiger partial charge in [0.05, 0.1) is 17.1 Å². The molecule has 2 amide bonds. The van der Waals surface area contributed by atoms with Gasteiger partial charge >= 0.3 is 0 Å². The Morgan fingerprint density at radius 1 is 1.08 bits per heavy atom. The van der Waals surface area contributed by atoms with Gasteiger partial charge in [0, 0.05) is 12.1 Å². The third kappa shape index (κ3) is 5.44. The van der Waals surface area contributed by atoms with Crippen LogP contribution in [-0.4, -0.2) is 49.4 Å². The van der Waals surface area contributed by atoms with E-state index in [0.29, 0.717) is 17.1 Å². The molecule has 1 aromatic carbocycles. The Balaban J connectivity index is 1.85. The fraction of sp³-hybridized carbons (Fsp3) is 0.579. The molecule has 1 fully saturated rings. The van der Waals surface area contributed by atoms with Gasteiger partial charge in [-0.05, 0) is 39.1 Å². The minimum Gasteiger partial charge on any atom is -0.353 e. The fourth-order valence-corrected chi connectivity index (χ4v) is 3.62. The first-order valence-electron chi connectivity index (χ1n) is 8.91. The van der Waals surface area contributed by atoms with Gasteiger partial charge in [0.15, 0.2) is 0 Å². The Morgan fingerprint density at radius 2 is 1.72 bits per heavy atom. The molecule has 0 aromatic heterocycles. The van der Waals surface area contributed by atoms with E-state index < -0.39 is 0 Å². The van der Waals surface area contributed by atoms with Crippen LogP contribution in [0.2, 0.25) is 5.02 Å². The predicted octanol–water partition coefficient (Wildman–Crippen LogP) is 2.84. The highest BCUT2D eigenvalue weighted by Crippen LogP contribution is 2.30. The molecule has 5 nitrogen and oxygen atoms in total. The van der Waals surface area contributed by atoms with Gasteiger partial charge < -0.3 is 15.5 Å². The van der Waals surface area contributed by atoms with Gasteiger partial charge in [0.1, 0.15) is 0 Å². The van der Waals surface area contributed by atoms with Gasteiger partial charge in [-0.15, -0.1) is 0 Å². The van der Waals surface area contributed by atoms with Crippen LogP contribution < -0.4 is 10.6 Å². The van der Waals surface area contributed by atoms with Crippen LogP contribution in [0.15, 0.2) is 24.3 Å². The highest BCUT2D eigenvalue weighted by molar-refractivity contribution is 6.33. The van der Waals surface area contributed by atoms with Gasteiger partial charge in [-0.25, -0.2) is 0 Å². The number of hydrogen-bond acceptors (Lipinski definition) is 3. The van der Waals surface area contributed by atoms with Crippen molar-refractivity contribution in [1.82, 2.24) is 15.5 Å². The molecule has 0 bridgehead atoms. The number of amides is 2. The zero-order chi connectivity index (χ0) is 18.3. The molecule has 138 valence electrons.